The molecule has 1 amide bonds. The molecule has 2 rings (SSSR count). The van der Waals surface area contributed by atoms with Crippen LogP contribution in [0.4, 0.5) is 4.79 Å². The molecule has 0 unspecified atom stereocenters. The summed E-state index contributed by atoms with van der Waals surface area (Å²) in [5, 5.41) is 2.71. The van der Waals surface area contributed by atoms with Crippen LogP contribution in [0.2, 0.25) is 0 Å². The number of amides is 1. The minimum Gasteiger partial charge on any atom is -0.447 e. The van der Waals surface area contributed by atoms with E-state index >= 15 is 0 Å². The first-order valence-corrected chi connectivity index (χ1v) is 5.98. The summed E-state index contributed by atoms with van der Waals surface area (Å²) in [5.41, 5.74) is 0. The van der Waals surface area contributed by atoms with Crippen molar-refractivity contribution in [1.82, 2.24) is 5.32 Å². The summed E-state index contributed by atoms with van der Waals surface area (Å²) in [7, 11) is 0. The summed E-state index contributed by atoms with van der Waals surface area (Å²) in [6.45, 7) is 2.49. The molecule has 0 aromatic carbocycles. The highest BCUT2D eigenvalue weighted by Crippen LogP contribution is 2.12. The Hall–Kier alpha value is -0.810. The number of ether oxygens (including phenoxy) is 3. The summed E-state index contributed by atoms with van der Waals surface area (Å²) in [4.78, 5) is 11.3. The van der Waals surface area contributed by atoms with Crippen molar-refractivity contribution in [2.45, 2.75) is 37.9 Å². The van der Waals surface area contributed by atoms with E-state index in [0.717, 1.165) is 38.9 Å². The second kappa shape index (κ2) is 6.06. The van der Waals surface area contributed by atoms with E-state index in [0.29, 0.717) is 13.2 Å². The minimum absolute atomic E-state index is 0.0912. The molecule has 2 atom stereocenters. The van der Waals surface area contributed by atoms with Crippen molar-refractivity contribution in [2.75, 3.05) is 26.4 Å². The average molecular weight is 229 g/mol. The van der Waals surface area contributed by atoms with Gasteiger partial charge in [0.2, 0.25) is 0 Å². The largest absolute Gasteiger partial charge is 0.447 e. The lowest BCUT2D eigenvalue weighted by molar-refractivity contribution is 0.0416. The Balaban J connectivity index is 1.53. The van der Waals surface area contributed by atoms with E-state index in [1.165, 1.54) is 0 Å². The number of alkyl carbamates (subject to hydrolysis) is 1. The minimum atomic E-state index is -0.369. The SMILES string of the molecule is O=C(NC[C@H]1CCCO1)OC[C@H]1CCCO1. The van der Waals surface area contributed by atoms with Gasteiger partial charge in [0.15, 0.2) is 0 Å². The van der Waals surface area contributed by atoms with Gasteiger partial charge in [-0.15, -0.1) is 0 Å². The Morgan fingerprint density at radius 3 is 2.50 bits per heavy atom. The highest BCUT2D eigenvalue weighted by molar-refractivity contribution is 5.67. The van der Waals surface area contributed by atoms with E-state index in [4.69, 9.17) is 14.2 Å². The van der Waals surface area contributed by atoms with Crippen LogP contribution in [0, 0.1) is 0 Å². The third kappa shape index (κ3) is 3.64. The molecule has 0 bridgehead atoms. The number of hydrogen-bond acceptors (Lipinski definition) is 4. The van der Waals surface area contributed by atoms with Gasteiger partial charge in [-0.1, -0.05) is 0 Å². The average Bonchev–Trinajstić information content (AvgIpc) is 2.96. The van der Waals surface area contributed by atoms with Crippen molar-refractivity contribution in [3.8, 4) is 0 Å². The summed E-state index contributed by atoms with van der Waals surface area (Å²) in [6.07, 6.45) is 4.03. The molecule has 2 saturated heterocycles. The van der Waals surface area contributed by atoms with Crippen molar-refractivity contribution < 1.29 is 19.0 Å². The Morgan fingerprint density at radius 1 is 1.19 bits per heavy atom. The molecule has 5 nitrogen and oxygen atoms in total. The van der Waals surface area contributed by atoms with Gasteiger partial charge in [0.05, 0.1) is 12.2 Å². The molecule has 0 aromatic rings. The third-order valence-electron chi connectivity index (χ3n) is 2.92. The molecular weight excluding hydrogens is 210 g/mol. The first kappa shape index (κ1) is 11.7. The fourth-order valence-electron chi connectivity index (χ4n) is 2.00. The number of rotatable bonds is 4. The van der Waals surface area contributed by atoms with Crippen LogP contribution >= 0.6 is 0 Å². The van der Waals surface area contributed by atoms with Gasteiger partial charge in [-0.3, -0.25) is 0 Å². The maximum atomic E-state index is 11.3. The van der Waals surface area contributed by atoms with Gasteiger partial charge in [-0.2, -0.15) is 0 Å². The highest BCUT2D eigenvalue weighted by Gasteiger charge is 2.19. The molecule has 0 aromatic heterocycles. The lowest BCUT2D eigenvalue weighted by Gasteiger charge is -2.13. The zero-order valence-corrected chi connectivity index (χ0v) is 9.44. The Kier molecular flexibility index (Phi) is 4.42. The zero-order chi connectivity index (χ0) is 11.2. The predicted molar refractivity (Wildman–Crippen MR) is 57.3 cm³/mol. The lowest BCUT2D eigenvalue weighted by Crippen LogP contribution is -2.33. The Labute approximate surface area is 95.4 Å². The van der Waals surface area contributed by atoms with E-state index in [-0.39, 0.29) is 18.3 Å². The number of carbonyl (C=O) groups excluding carboxylic acids is 1. The molecule has 2 aliphatic rings. The lowest BCUT2D eigenvalue weighted by atomic mass is 10.2. The topological polar surface area (TPSA) is 56.8 Å². The summed E-state index contributed by atoms with van der Waals surface area (Å²) < 4.78 is 15.8. The predicted octanol–water partition coefficient (Wildman–Crippen LogP) is 1.07. The molecule has 0 spiro atoms. The van der Waals surface area contributed by atoms with Crippen LogP contribution in [0.25, 0.3) is 0 Å². The van der Waals surface area contributed by atoms with Gasteiger partial charge in [0.25, 0.3) is 0 Å². The van der Waals surface area contributed by atoms with Crippen LogP contribution in [0.15, 0.2) is 0 Å². The summed E-state index contributed by atoms with van der Waals surface area (Å²) in [5.74, 6) is 0. The molecule has 16 heavy (non-hydrogen) atoms. The summed E-state index contributed by atoms with van der Waals surface area (Å²) in [6, 6.07) is 0. The van der Waals surface area contributed by atoms with Crippen LogP contribution in [-0.2, 0) is 14.2 Å². The molecule has 5 heteroatoms. The molecule has 0 aliphatic carbocycles. The fraction of sp³-hybridized carbons (Fsp3) is 0.909. The van der Waals surface area contributed by atoms with Crippen LogP contribution < -0.4 is 5.32 Å². The standard InChI is InChI=1S/C11H19NO4/c13-11(12-7-9-3-1-5-14-9)16-8-10-4-2-6-15-10/h9-10H,1-8H2,(H,12,13)/t9-,10-/m1/s1. The van der Waals surface area contributed by atoms with Crippen molar-refractivity contribution in [2.24, 2.45) is 0 Å². The number of nitrogens with one attached hydrogen (secondary N) is 1. The molecule has 92 valence electrons. The second-order valence-corrected chi connectivity index (χ2v) is 4.25. The zero-order valence-electron chi connectivity index (χ0n) is 9.44. The summed E-state index contributed by atoms with van der Waals surface area (Å²) >= 11 is 0. The Bertz CT molecular complexity index is 200. The van der Waals surface area contributed by atoms with Crippen LogP contribution in [-0.4, -0.2) is 44.7 Å². The number of carbonyl (C=O) groups is 1. The first-order chi connectivity index (χ1) is 7.84. The highest BCUT2D eigenvalue weighted by atomic mass is 16.6. The van der Waals surface area contributed by atoms with Gasteiger partial charge in [0, 0.05) is 19.8 Å². The quantitative estimate of drug-likeness (QED) is 0.783. The molecule has 2 fully saturated rings. The maximum absolute atomic E-state index is 11.3. The first-order valence-electron chi connectivity index (χ1n) is 5.98. The van der Waals surface area contributed by atoms with Crippen molar-refractivity contribution in [1.29, 1.82) is 0 Å². The van der Waals surface area contributed by atoms with Gasteiger partial charge in [0.1, 0.15) is 6.61 Å². The van der Waals surface area contributed by atoms with Crippen molar-refractivity contribution in [3.05, 3.63) is 0 Å². The molecule has 2 heterocycles. The molecular formula is C11H19NO4. The second-order valence-electron chi connectivity index (χ2n) is 4.25. The van der Waals surface area contributed by atoms with Crippen molar-refractivity contribution >= 4 is 6.09 Å². The van der Waals surface area contributed by atoms with Crippen LogP contribution in [0.5, 0.6) is 0 Å². The smallest absolute Gasteiger partial charge is 0.407 e. The maximum Gasteiger partial charge on any atom is 0.407 e. The molecule has 1 N–H and O–H groups in total. The normalized spacial score (nSPS) is 29.2. The van der Waals surface area contributed by atoms with Crippen LogP contribution in [0.1, 0.15) is 25.7 Å². The van der Waals surface area contributed by atoms with Crippen LogP contribution in [0.3, 0.4) is 0 Å². The van der Waals surface area contributed by atoms with Gasteiger partial charge in [-0.05, 0) is 25.7 Å². The Morgan fingerprint density at radius 2 is 1.88 bits per heavy atom. The van der Waals surface area contributed by atoms with E-state index in [1.54, 1.807) is 0 Å². The molecule has 0 saturated carbocycles. The van der Waals surface area contributed by atoms with E-state index < -0.39 is 0 Å². The molecule has 0 radical (unpaired) electrons. The molecule has 2 aliphatic heterocycles. The van der Waals surface area contributed by atoms with Gasteiger partial charge in [-0.25, -0.2) is 4.79 Å². The third-order valence-corrected chi connectivity index (χ3v) is 2.92. The number of hydrogen-bond donors (Lipinski definition) is 1. The van der Waals surface area contributed by atoms with E-state index in [9.17, 15) is 4.79 Å². The van der Waals surface area contributed by atoms with Crippen molar-refractivity contribution in [3.63, 3.8) is 0 Å². The van der Waals surface area contributed by atoms with Gasteiger partial charge >= 0.3 is 6.09 Å². The van der Waals surface area contributed by atoms with E-state index in [2.05, 4.69) is 5.32 Å². The van der Waals surface area contributed by atoms with E-state index in [1.807, 2.05) is 0 Å². The van der Waals surface area contributed by atoms with Gasteiger partial charge < -0.3 is 19.5 Å². The monoisotopic (exact) mass is 229 g/mol. The fourth-order valence-corrected chi connectivity index (χ4v) is 2.00.